The minimum absolute atomic E-state index is 0.0246. The molecule has 0 spiro atoms. The van der Waals surface area contributed by atoms with Gasteiger partial charge in [-0.3, -0.25) is 9.69 Å². The maximum Gasteiger partial charge on any atom is 0.240 e. The van der Waals surface area contributed by atoms with Gasteiger partial charge < -0.3 is 15.0 Å². The van der Waals surface area contributed by atoms with E-state index in [1.54, 1.807) is 23.3 Å². The van der Waals surface area contributed by atoms with E-state index < -0.39 is 0 Å². The lowest BCUT2D eigenvalue weighted by Crippen LogP contribution is -2.53. The normalized spacial score (nSPS) is 21.5. The SMILES string of the molecule is O=C(Cn1ccnc1)NC1CN(Cc2ccccc2)CCC1CO. The molecule has 1 aromatic heterocycles. The van der Waals surface area contributed by atoms with Gasteiger partial charge in [0.15, 0.2) is 0 Å². The number of carbonyl (C=O) groups is 1. The fraction of sp³-hybridized carbons (Fsp3) is 0.444. The highest BCUT2D eigenvalue weighted by molar-refractivity contribution is 5.76. The van der Waals surface area contributed by atoms with Gasteiger partial charge in [-0.05, 0) is 18.5 Å². The molecule has 3 rings (SSSR count). The van der Waals surface area contributed by atoms with Gasteiger partial charge >= 0.3 is 0 Å². The van der Waals surface area contributed by atoms with Gasteiger partial charge in [-0.2, -0.15) is 0 Å². The monoisotopic (exact) mass is 328 g/mol. The van der Waals surface area contributed by atoms with Crippen molar-refractivity contribution in [2.75, 3.05) is 19.7 Å². The number of likely N-dealkylation sites (tertiary alicyclic amines) is 1. The molecule has 0 bridgehead atoms. The molecule has 0 aliphatic carbocycles. The fourth-order valence-corrected chi connectivity index (χ4v) is 3.23. The zero-order valence-corrected chi connectivity index (χ0v) is 13.7. The van der Waals surface area contributed by atoms with Crippen LogP contribution in [-0.4, -0.2) is 51.2 Å². The Morgan fingerprint density at radius 1 is 1.33 bits per heavy atom. The van der Waals surface area contributed by atoms with Crippen LogP contribution in [0.25, 0.3) is 0 Å². The molecular weight excluding hydrogens is 304 g/mol. The third-order valence-electron chi connectivity index (χ3n) is 4.56. The van der Waals surface area contributed by atoms with E-state index in [0.717, 1.165) is 26.1 Å². The van der Waals surface area contributed by atoms with Crippen LogP contribution in [0.2, 0.25) is 0 Å². The molecular formula is C18H24N4O2. The smallest absolute Gasteiger partial charge is 0.240 e. The second kappa shape index (κ2) is 8.08. The second-order valence-corrected chi connectivity index (χ2v) is 6.36. The van der Waals surface area contributed by atoms with Crippen LogP contribution in [0.3, 0.4) is 0 Å². The molecule has 0 radical (unpaired) electrons. The highest BCUT2D eigenvalue weighted by Gasteiger charge is 2.29. The van der Waals surface area contributed by atoms with Crippen molar-refractivity contribution < 1.29 is 9.90 Å². The lowest BCUT2D eigenvalue weighted by molar-refractivity contribution is -0.123. The molecule has 0 saturated carbocycles. The van der Waals surface area contributed by atoms with E-state index in [2.05, 4.69) is 27.3 Å². The third-order valence-corrected chi connectivity index (χ3v) is 4.56. The van der Waals surface area contributed by atoms with Crippen LogP contribution in [0.5, 0.6) is 0 Å². The minimum atomic E-state index is -0.0435. The Morgan fingerprint density at radius 2 is 2.17 bits per heavy atom. The minimum Gasteiger partial charge on any atom is -0.396 e. The molecule has 6 nitrogen and oxygen atoms in total. The van der Waals surface area contributed by atoms with Crippen LogP contribution in [-0.2, 0) is 17.9 Å². The van der Waals surface area contributed by atoms with Crippen LogP contribution >= 0.6 is 0 Å². The van der Waals surface area contributed by atoms with Crippen molar-refractivity contribution in [3.8, 4) is 0 Å². The summed E-state index contributed by atoms with van der Waals surface area (Å²) in [5.74, 6) is 0.0711. The van der Waals surface area contributed by atoms with Crippen molar-refractivity contribution in [3.05, 3.63) is 54.6 Å². The Bertz CT molecular complexity index is 630. The van der Waals surface area contributed by atoms with Gasteiger partial charge in [-0.15, -0.1) is 0 Å². The van der Waals surface area contributed by atoms with Crippen LogP contribution in [0, 0.1) is 5.92 Å². The second-order valence-electron chi connectivity index (χ2n) is 6.36. The molecule has 1 amide bonds. The Balaban J connectivity index is 1.57. The van der Waals surface area contributed by atoms with Crippen LogP contribution in [0.15, 0.2) is 49.1 Å². The van der Waals surface area contributed by atoms with Crippen LogP contribution in [0.1, 0.15) is 12.0 Å². The fourth-order valence-electron chi connectivity index (χ4n) is 3.23. The summed E-state index contributed by atoms with van der Waals surface area (Å²) in [7, 11) is 0. The van der Waals surface area contributed by atoms with E-state index in [1.807, 2.05) is 18.2 Å². The number of hydrogen-bond acceptors (Lipinski definition) is 4. The van der Waals surface area contributed by atoms with Crippen molar-refractivity contribution in [1.29, 1.82) is 0 Å². The van der Waals surface area contributed by atoms with Gasteiger partial charge in [0, 0.05) is 44.0 Å². The summed E-state index contributed by atoms with van der Waals surface area (Å²) in [4.78, 5) is 18.5. The largest absolute Gasteiger partial charge is 0.396 e. The summed E-state index contributed by atoms with van der Waals surface area (Å²) in [6, 6.07) is 10.3. The zero-order chi connectivity index (χ0) is 16.8. The van der Waals surface area contributed by atoms with Crippen molar-refractivity contribution >= 4 is 5.91 Å². The summed E-state index contributed by atoms with van der Waals surface area (Å²) in [5, 5.41) is 12.7. The van der Waals surface area contributed by atoms with Gasteiger partial charge in [0.25, 0.3) is 0 Å². The highest BCUT2D eigenvalue weighted by Crippen LogP contribution is 2.19. The van der Waals surface area contributed by atoms with Crippen molar-refractivity contribution in [2.24, 2.45) is 5.92 Å². The third kappa shape index (κ3) is 4.43. The zero-order valence-electron chi connectivity index (χ0n) is 13.7. The molecule has 2 N–H and O–H groups in total. The van der Waals surface area contributed by atoms with Gasteiger partial charge in [0.05, 0.1) is 6.33 Å². The number of aliphatic hydroxyl groups is 1. The van der Waals surface area contributed by atoms with E-state index in [0.29, 0.717) is 0 Å². The molecule has 128 valence electrons. The summed E-state index contributed by atoms with van der Waals surface area (Å²) < 4.78 is 1.74. The number of aliphatic hydroxyl groups excluding tert-OH is 1. The van der Waals surface area contributed by atoms with Gasteiger partial charge in [-0.25, -0.2) is 4.98 Å². The molecule has 1 aliphatic rings. The first-order valence-electron chi connectivity index (χ1n) is 8.37. The average molecular weight is 328 g/mol. The van der Waals surface area contributed by atoms with Crippen molar-refractivity contribution in [3.63, 3.8) is 0 Å². The molecule has 2 unspecified atom stereocenters. The maximum atomic E-state index is 12.2. The Hall–Kier alpha value is -2.18. The van der Waals surface area contributed by atoms with Crippen molar-refractivity contribution in [2.45, 2.75) is 25.6 Å². The lowest BCUT2D eigenvalue weighted by atomic mass is 9.92. The first-order valence-corrected chi connectivity index (χ1v) is 8.37. The van der Waals surface area contributed by atoms with E-state index in [1.165, 1.54) is 5.56 Å². The number of nitrogens with one attached hydrogen (secondary N) is 1. The quantitative estimate of drug-likeness (QED) is 0.826. The van der Waals surface area contributed by atoms with Gasteiger partial charge in [-0.1, -0.05) is 30.3 Å². The molecule has 2 atom stereocenters. The maximum absolute atomic E-state index is 12.2. The van der Waals surface area contributed by atoms with Gasteiger partial charge in [0.1, 0.15) is 6.54 Å². The molecule has 24 heavy (non-hydrogen) atoms. The molecule has 1 aliphatic heterocycles. The number of imidazole rings is 1. The number of carbonyl (C=O) groups excluding carboxylic acids is 1. The van der Waals surface area contributed by atoms with E-state index in [4.69, 9.17) is 0 Å². The number of piperidine rings is 1. The highest BCUT2D eigenvalue weighted by atomic mass is 16.3. The Morgan fingerprint density at radius 3 is 2.88 bits per heavy atom. The first kappa shape index (κ1) is 16.7. The van der Waals surface area contributed by atoms with Crippen molar-refractivity contribution in [1.82, 2.24) is 19.8 Å². The predicted molar refractivity (Wildman–Crippen MR) is 91.1 cm³/mol. The summed E-state index contributed by atoms with van der Waals surface area (Å²) >= 11 is 0. The molecule has 2 aromatic rings. The number of amides is 1. The number of rotatable bonds is 6. The number of aromatic nitrogens is 2. The summed E-state index contributed by atoms with van der Waals surface area (Å²) in [5.41, 5.74) is 1.27. The molecule has 2 heterocycles. The van der Waals surface area contributed by atoms with E-state index in [-0.39, 0.29) is 31.0 Å². The Labute approximate surface area is 142 Å². The summed E-state index contributed by atoms with van der Waals surface area (Å²) in [6.45, 7) is 2.93. The van der Waals surface area contributed by atoms with Crippen LogP contribution < -0.4 is 5.32 Å². The van der Waals surface area contributed by atoms with E-state index >= 15 is 0 Å². The topological polar surface area (TPSA) is 70.4 Å². The predicted octanol–water partition coefficient (Wildman–Crippen LogP) is 0.882. The molecule has 1 aromatic carbocycles. The molecule has 1 saturated heterocycles. The molecule has 6 heteroatoms. The number of benzene rings is 1. The van der Waals surface area contributed by atoms with Crippen LogP contribution in [0.4, 0.5) is 0 Å². The number of nitrogens with zero attached hydrogens (tertiary/aromatic N) is 3. The Kier molecular flexibility index (Phi) is 5.61. The lowest BCUT2D eigenvalue weighted by Gasteiger charge is -2.38. The molecule has 1 fully saturated rings. The number of hydrogen-bond donors (Lipinski definition) is 2. The standard InChI is InChI=1S/C18H24N4O2/c23-13-16-6-8-21(10-15-4-2-1-3-5-15)11-17(16)20-18(24)12-22-9-7-19-14-22/h1-5,7,9,14,16-17,23H,6,8,10-13H2,(H,20,24). The summed E-state index contributed by atoms with van der Waals surface area (Å²) in [6.07, 6.45) is 5.95. The van der Waals surface area contributed by atoms with Gasteiger partial charge in [0.2, 0.25) is 5.91 Å². The average Bonchev–Trinajstić information content (AvgIpc) is 3.09. The first-order chi connectivity index (χ1) is 11.7. The van der Waals surface area contributed by atoms with E-state index in [9.17, 15) is 9.90 Å².